The number of likely N-dealkylation sites (N-methyl/N-ethyl adjacent to an activating group) is 1. The molecule has 1 aromatic carbocycles. The Morgan fingerprint density at radius 1 is 1.33 bits per heavy atom. The van der Waals surface area contributed by atoms with Gasteiger partial charge in [0, 0.05) is 30.6 Å². The second kappa shape index (κ2) is 7.57. The van der Waals surface area contributed by atoms with Crippen LogP contribution in [0.25, 0.3) is 12.2 Å². The number of unbranched alkanes of at least 4 members (excludes halogenated alkanes) is 1. The molecule has 24 heavy (non-hydrogen) atoms. The third kappa shape index (κ3) is 3.44. The molecule has 0 aromatic heterocycles. The summed E-state index contributed by atoms with van der Waals surface area (Å²) in [4.78, 5) is 2.34. The molecule has 0 N–H and O–H groups in total. The Kier molecular flexibility index (Phi) is 5.46. The van der Waals surface area contributed by atoms with E-state index >= 15 is 0 Å². The normalized spacial score (nSPS) is 17.0. The van der Waals surface area contributed by atoms with Crippen LogP contribution in [0.5, 0.6) is 5.75 Å². The molecule has 0 saturated heterocycles. The van der Waals surface area contributed by atoms with Crippen LogP contribution in [0.4, 0.5) is 5.69 Å². The fourth-order valence-electron chi connectivity index (χ4n) is 3.52. The lowest BCUT2D eigenvalue weighted by atomic mass is 10.0. The van der Waals surface area contributed by atoms with E-state index in [0.717, 1.165) is 49.7 Å². The number of ether oxygens (including phenoxy) is 1. The topological polar surface area (TPSA) is 12.5 Å². The van der Waals surface area contributed by atoms with Crippen molar-refractivity contribution >= 4 is 32.0 Å². The van der Waals surface area contributed by atoms with Gasteiger partial charge < -0.3 is 9.64 Å². The molecule has 1 aliphatic heterocycles. The summed E-state index contributed by atoms with van der Waals surface area (Å²) in [5, 5.41) is 3.79. The molecule has 128 valence electrons. The predicted molar refractivity (Wildman–Crippen MR) is 108 cm³/mol. The molecule has 0 bridgehead atoms. The van der Waals surface area contributed by atoms with Crippen LogP contribution in [-0.4, -0.2) is 25.0 Å². The van der Waals surface area contributed by atoms with Crippen molar-refractivity contribution in [2.45, 2.75) is 52.1 Å². The molecule has 1 atom stereocenters. The number of allylic oxidation sites excluding steroid dienone is 1. The van der Waals surface area contributed by atoms with Crippen molar-refractivity contribution in [3.63, 3.8) is 0 Å². The number of fused-ring (bicyclic) bond motifs is 3. The van der Waals surface area contributed by atoms with Crippen LogP contribution < -0.4 is 20.1 Å². The van der Waals surface area contributed by atoms with Crippen molar-refractivity contribution in [2.75, 3.05) is 18.5 Å². The molecule has 0 radical (unpaired) electrons. The number of hydrogen-bond acceptors (Lipinski definition) is 2. The van der Waals surface area contributed by atoms with Gasteiger partial charge in [0.2, 0.25) is 0 Å². The summed E-state index contributed by atoms with van der Waals surface area (Å²) >= 11 is 0. The number of hydrogen-bond donors (Lipinski definition) is 0. The minimum atomic E-state index is -0.0302. The van der Waals surface area contributed by atoms with Gasteiger partial charge >= 0.3 is 0 Å². The van der Waals surface area contributed by atoms with E-state index in [2.05, 4.69) is 65.0 Å². The van der Waals surface area contributed by atoms with Crippen molar-refractivity contribution in [3.8, 4) is 5.75 Å². The Morgan fingerprint density at radius 2 is 2.08 bits per heavy atom. The van der Waals surface area contributed by atoms with Gasteiger partial charge in [-0.05, 0) is 54.8 Å². The summed E-state index contributed by atoms with van der Waals surface area (Å²) in [7, 11) is 5.86. The van der Waals surface area contributed by atoms with Gasteiger partial charge in [0.1, 0.15) is 11.9 Å². The summed E-state index contributed by atoms with van der Waals surface area (Å²) < 4.78 is 6.44. The molecule has 1 aromatic rings. The van der Waals surface area contributed by atoms with Crippen molar-refractivity contribution in [1.29, 1.82) is 0 Å². The Balaban J connectivity index is 2.02. The lowest BCUT2D eigenvalue weighted by Crippen LogP contribution is -2.34. The summed E-state index contributed by atoms with van der Waals surface area (Å²) in [6, 6.07) is 2.24. The first-order valence-corrected chi connectivity index (χ1v) is 9.57. The maximum atomic E-state index is 6.44. The highest BCUT2D eigenvalue weighted by atomic mass is 31.0. The van der Waals surface area contributed by atoms with E-state index in [1.807, 2.05) is 0 Å². The van der Waals surface area contributed by atoms with Gasteiger partial charge in [0.25, 0.3) is 0 Å². The van der Waals surface area contributed by atoms with Crippen LogP contribution in [0.15, 0.2) is 18.2 Å². The largest absolute Gasteiger partial charge is 0.481 e. The van der Waals surface area contributed by atoms with Gasteiger partial charge in [0.15, 0.2) is 0 Å². The maximum Gasteiger partial charge on any atom is 0.142 e. The fourth-order valence-corrected chi connectivity index (χ4v) is 3.67. The number of benzene rings is 1. The zero-order chi connectivity index (χ0) is 17.1. The van der Waals surface area contributed by atoms with Crippen LogP contribution in [-0.2, 0) is 6.42 Å². The lowest BCUT2D eigenvalue weighted by Gasteiger charge is -2.20. The van der Waals surface area contributed by atoms with E-state index in [0.29, 0.717) is 0 Å². The number of rotatable bonds is 6. The van der Waals surface area contributed by atoms with Crippen LogP contribution in [0.3, 0.4) is 0 Å². The highest BCUT2D eigenvalue weighted by molar-refractivity contribution is 7.21. The van der Waals surface area contributed by atoms with E-state index in [9.17, 15) is 0 Å². The Bertz CT molecular complexity index is 778. The van der Waals surface area contributed by atoms with Crippen molar-refractivity contribution < 1.29 is 4.74 Å². The zero-order valence-electron chi connectivity index (χ0n) is 15.1. The molecule has 0 saturated carbocycles. The van der Waals surface area contributed by atoms with E-state index in [4.69, 9.17) is 4.74 Å². The maximum absolute atomic E-state index is 6.44. The molecular formula is C21H28NOP. The highest BCUT2D eigenvalue weighted by Gasteiger charge is 2.21. The zero-order valence-corrected chi connectivity index (χ0v) is 16.1. The van der Waals surface area contributed by atoms with E-state index < -0.39 is 0 Å². The molecule has 3 rings (SSSR count). The minimum Gasteiger partial charge on any atom is -0.481 e. The van der Waals surface area contributed by atoms with Gasteiger partial charge in [-0.25, -0.2) is 0 Å². The van der Waals surface area contributed by atoms with Crippen LogP contribution in [0, 0.1) is 0 Å². The molecular weight excluding hydrogens is 313 g/mol. The first kappa shape index (κ1) is 17.3. The molecule has 0 fully saturated rings. The third-order valence-corrected chi connectivity index (χ3v) is 5.16. The number of nitrogens with zero attached hydrogens (tertiary/aromatic N) is 1. The Labute approximate surface area is 147 Å². The highest BCUT2D eigenvalue weighted by Crippen LogP contribution is 2.27. The predicted octanol–water partition coefficient (Wildman–Crippen LogP) is 3.47. The van der Waals surface area contributed by atoms with Crippen LogP contribution >= 0.6 is 8.86 Å². The van der Waals surface area contributed by atoms with Gasteiger partial charge in [-0.1, -0.05) is 31.6 Å². The quantitative estimate of drug-likeness (QED) is 0.580. The van der Waals surface area contributed by atoms with E-state index in [1.165, 1.54) is 21.7 Å². The molecule has 1 unspecified atom stereocenters. The average Bonchev–Trinajstić information content (AvgIpc) is 2.95. The van der Waals surface area contributed by atoms with Crippen molar-refractivity contribution in [3.05, 3.63) is 34.2 Å². The second-order valence-electron chi connectivity index (χ2n) is 6.80. The molecule has 3 heteroatoms. The van der Waals surface area contributed by atoms with Gasteiger partial charge in [-0.2, -0.15) is 0 Å². The number of anilines is 1. The summed E-state index contributed by atoms with van der Waals surface area (Å²) in [6.07, 6.45) is 14.7. The third-order valence-electron chi connectivity index (χ3n) is 4.88. The fraction of sp³-hybridized carbons (Fsp3) is 0.476. The van der Waals surface area contributed by atoms with Crippen LogP contribution in [0.2, 0.25) is 0 Å². The molecule has 0 spiro atoms. The monoisotopic (exact) mass is 341 g/mol. The molecule has 0 amide bonds. The van der Waals surface area contributed by atoms with Crippen molar-refractivity contribution in [2.24, 2.45) is 0 Å². The minimum absolute atomic E-state index is 0.0302. The van der Waals surface area contributed by atoms with Gasteiger partial charge in [0.05, 0.1) is 0 Å². The Morgan fingerprint density at radius 3 is 2.79 bits per heavy atom. The summed E-state index contributed by atoms with van der Waals surface area (Å²) in [6.45, 7) is 5.36. The standard InChI is InChI=1S/C21H28NOP/c1-4-5-6-11-20(15(2)24)23-21-14-19-17(12-13-22(19)3)16-9-7-8-10-18(16)21/h6,9-11,14,20,24H,4-5,7-8,12-13H2,1-3H3. The van der Waals surface area contributed by atoms with Crippen LogP contribution in [0.1, 0.15) is 45.1 Å². The SMILES string of the molecule is CCCC=CC(Oc1cc2c(c3c1=CCCC=3)CCN2C)C(C)=P. The first-order valence-electron chi connectivity index (χ1n) is 9.07. The lowest BCUT2D eigenvalue weighted by molar-refractivity contribution is 0.311. The Hall–Kier alpha value is -1.53. The summed E-state index contributed by atoms with van der Waals surface area (Å²) in [5.41, 5.74) is 2.83. The van der Waals surface area contributed by atoms with Gasteiger partial charge in [-0.15, -0.1) is 8.86 Å². The second-order valence-corrected chi connectivity index (χ2v) is 7.58. The van der Waals surface area contributed by atoms with Gasteiger partial charge in [-0.3, -0.25) is 0 Å². The smallest absolute Gasteiger partial charge is 0.142 e. The average molecular weight is 341 g/mol. The molecule has 1 heterocycles. The van der Waals surface area contributed by atoms with E-state index in [1.54, 1.807) is 0 Å². The van der Waals surface area contributed by atoms with Crippen molar-refractivity contribution in [1.82, 2.24) is 0 Å². The molecule has 2 nitrogen and oxygen atoms in total. The van der Waals surface area contributed by atoms with E-state index in [-0.39, 0.29) is 6.10 Å². The first-order chi connectivity index (χ1) is 11.6. The molecule has 1 aliphatic carbocycles. The molecule has 2 aliphatic rings. The summed E-state index contributed by atoms with van der Waals surface area (Å²) in [5.74, 6) is 1.01.